The van der Waals surface area contributed by atoms with E-state index in [4.69, 9.17) is 11.6 Å². The predicted octanol–water partition coefficient (Wildman–Crippen LogP) is 1.53. The van der Waals surface area contributed by atoms with Crippen LogP contribution < -0.4 is 0 Å². The van der Waals surface area contributed by atoms with Crippen molar-refractivity contribution in [2.24, 2.45) is 9.98 Å². The van der Waals surface area contributed by atoms with Gasteiger partial charge in [0.25, 0.3) is 0 Å². The second kappa shape index (κ2) is 2.06. The molecule has 3 heteroatoms. The molecule has 0 saturated heterocycles. The molecule has 0 aromatic heterocycles. The van der Waals surface area contributed by atoms with Crippen molar-refractivity contribution in [1.82, 2.24) is 0 Å². The summed E-state index contributed by atoms with van der Waals surface area (Å²) in [6.07, 6.45) is 7.30. The zero-order valence-corrected chi connectivity index (χ0v) is 5.92. The second-order valence-electron chi connectivity index (χ2n) is 2.15. The molecule has 0 amide bonds. The number of halogens is 1. The van der Waals surface area contributed by atoms with Crippen LogP contribution in [0.1, 0.15) is 0 Å². The Kier molecular flexibility index (Phi) is 1.21. The molecule has 0 radical (unpaired) electrons. The fraction of sp³-hybridized carbons (Fsp3) is 0.143. The summed E-state index contributed by atoms with van der Waals surface area (Å²) < 4.78 is 0. The van der Waals surface area contributed by atoms with Crippen molar-refractivity contribution >= 4 is 24.0 Å². The lowest BCUT2D eigenvalue weighted by molar-refractivity contribution is 1.06. The Morgan fingerprint density at radius 2 is 2.40 bits per heavy atom. The first-order valence-electron chi connectivity index (χ1n) is 3.01. The summed E-state index contributed by atoms with van der Waals surface area (Å²) in [6.45, 7) is 0. The molecule has 0 aromatic carbocycles. The predicted molar refractivity (Wildman–Crippen MR) is 42.8 cm³/mol. The highest BCUT2D eigenvalue weighted by Crippen LogP contribution is 2.20. The first-order valence-corrected chi connectivity index (χ1v) is 3.39. The van der Waals surface area contributed by atoms with Crippen molar-refractivity contribution in [2.75, 3.05) is 0 Å². The first-order chi connectivity index (χ1) is 4.86. The summed E-state index contributed by atoms with van der Waals surface area (Å²) in [5, 5.41) is 0.535. The van der Waals surface area contributed by atoms with Crippen molar-refractivity contribution in [3.63, 3.8) is 0 Å². The van der Waals surface area contributed by atoms with E-state index in [1.54, 1.807) is 12.4 Å². The van der Waals surface area contributed by atoms with Gasteiger partial charge in [-0.15, -0.1) is 0 Å². The quantitative estimate of drug-likeness (QED) is 0.471. The number of allylic oxidation sites excluding steroid dienone is 1. The number of hydrogen-bond donors (Lipinski definition) is 0. The third-order valence-corrected chi connectivity index (χ3v) is 1.69. The van der Waals surface area contributed by atoms with Crippen LogP contribution in [0.2, 0.25) is 0 Å². The van der Waals surface area contributed by atoms with E-state index in [9.17, 15) is 0 Å². The Hall–Kier alpha value is -0.890. The molecule has 2 nitrogen and oxygen atoms in total. The third kappa shape index (κ3) is 0.809. The van der Waals surface area contributed by atoms with Crippen LogP contribution in [-0.2, 0) is 0 Å². The van der Waals surface area contributed by atoms with Crippen molar-refractivity contribution in [1.29, 1.82) is 0 Å². The minimum atomic E-state index is 0.127. The van der Waals surface area contributed by atoms with Crippen LogP contribution in [0.3, 0.4) is 0 Å². The average Bonchev–Trinajstić information content (AvgIpc) is 2.33. The molecule has 0 aromatic rings. The number of hydrogen-bond acceptors (Lipinski definition) is 2. The second-order valence-corrected chi connectivity index (χ2v) is 2.54. The summed E-state index contributed by atoms with van der Waals surface area (Å²) in [4.78, 5) is 8.04. The molecular weight excluding hydrogens is 148 g/mol. The molecule has 1 atom stereocenters. The lowest BCUT2D eigenvalue weighted by Gasteiger charge is -2.07. The average molecular weight is 153 g/mol. The van der Waals surface area contributed by atoms with E-state index in [0.717, 1.165) is 5.57 Å². The van der Waals surface area contributed by atoms with Crippen LogP contribution in [0.4, 0.5) is 0 Å². The molecule has 0 spiro atoms. The maximum absolute atomic E-state index is 5.65. The van der Waals surface area contributed by atoms with Gasteiger partial charge in [0.15, 0.2) is 0 Å². The summed E-state index contributed by atoms with van der Waals surface area (Å²) in [5.41, 5.74) is 1.13. The highest BCUT2D eigenvalue weighted by Gasteiger charge is 2.15. The van der Waals surface area contributed by atoms with E-state index in [1.165, 1.54) is 0 Å². The molecule has 0 bridgehead atoms. The normalized spacial score (nSPS) is 27.9. The fourth-order valence-corrected chi connectivity index (χ4v) is 1.16. The maximum Gasteiger partial charge on any atom is 0.129 e. The van der Waals surface area contributed by atoms with Gasteiger partial charge in [-0.25, -0.2) is 4.99 Å². The topological polar surface area (TPSA) is 24.7 Å². The minimum absolute atomic E-state index is 0.127. The minimum Gasteiger partial charge on any atom is -0.279 e. The molecule has 0 N–H and O–H groups in total. The lowest BCUT2D eigenvalue weighted by atomic mass is 10.1. The van der Waals surface area contributed by atoms with Crippen LogP contribution >= 0.6 is 11.6 Å². The van der Waals surface area contributed by atoms with Gasteiger partial charge in [0.2, 0.25) is 0 Å². The molecule has 0 unspecified atom stereocenters. The van der Waals surface area contributed by atoms with E-state index in [-0.39, 0.29) is 6.04 Å². The Labute approximate surface area is 63.6 Å². The van der Waals surface area contributed by atoms with Crippen molar-refractivity contribution in [3.8, 4) is 0 Å². The van der Waals surface area contributed by atoms with Gasteiger partial charge >= 0.3 is 0 Å². The Morgan fingerprint density at radius 1 is 1.50 bits per heavy atom. The van der Waals surface area contributed by atoms with Gasteiger partial charge in [-0.05, 0) is 17.7 Å². The van der Waals surface area contributed by atoms with Gasteiger partial charge in [0, 0.05) is 12.4 Å². The first kappa shape index (κ1) is 5.86. The third-order valence-electron chi connectivity index (χ3n) is 1.48. The van der Waals surface area contributed by atoms with E-state index in [0.29, 0.717) is 5.16 Å². The molecule has 0 aliphatic carbocycles. The standard InChI is InChI=1S/C7H5ClN2/c8-7-3-5-1-2-9-6(5)4-10-7/h1-4,6H/t6-/m0/s1. The van der Waals surface area contributed by atoms with Gasteiger partial charge in [-0.1, -0.05) is 11.6 Å². The number of nitrogens with zero attached hydrogens (tertiary/aromatic N) is 2. The van der Waals surface area contributed by atoms with Crippen LogP contribution in [0, 0.1) is 0 Å². The zero-order valence-electron chi connectivity index (χ0n) is 5.16. The van der Waals surface area contributed by atoms with E-state index in [1.807, 2.05) is 12.2 Å². The van der Waals surface area contributed by atoms with Gasteiger partial charge < -0.3 is 0 Å². The maximum atomic E-state index is 5.65. The van der Waals surface area contributed by atoms with Crippen molar-refractivity contribution in [3.05, 3.63) is 22.9 Å². The molecule has 2 rings (SSSR count). The SMILES string of the molecule is ClC1=CC2=CC=N[C@H]2C=N1. The number of aliphatic imine (C=N–C) groups is 2. The molecule has 10 heavy (non-hydrogen) atoms. The monoisotopic (exact) mass is 152 g/mol. The van der Waals surface area contributed by atoms with Crippen LogP contribution in [0.25, 0.3) is 0 Å². The summed E-state index contributed by atoms with van der Waals surface area (Å²) in [5.74, 6) is 0. The van der Waals surface area contributed by atoms with Gasteiger partial charge in [0.1, 0.15) is 11.2 Å². The van der Waals surface area contributed by atoms with Crippen LogP contribution in [0.5, 0.6) is 0 Å². The highest BCUT2D eigenvalue weighted by molar-refractivity contribution is 6.30. The fourth-order valence-electron chi connectivity index (χ4n) is 0.981. The zero-order chi connectivity index (χ0) is 6.97. The van der Waals surface area contributed by atoms with Crippen molar-refractivity contribution < 1.29 is 0 Å². The van der Waals surface area contributed by atoms with E-state index >= 15 is 0 Å². The molecule has 2 aliphatic heterocycles. The van der Waals surface area contributed by atoms with Gasteiger partial charge in [0.05, 0.1) is 0 Å². The lowest BCUT2D eigenvalue weighted by Crippen LogP contribution is -2.08. The van der Waals surface area contributed by atoms with Crippen LogP contribution in [0.15, 0.2) is 32.9 Å². The van der Waals surface area contributed by atoms with E-state index < -0.39 is 0 Å². The summed E-state index contributed by atoms with van der Waals surface area (Å²) in [7, 11) is 0. The Morgan fingerprint density at radius 3 is 3.30 bits per heavy atom. The molecule has 50 valence electrons. The molecule has 0 saturated carbocycles. The Bertz CT molecular complexity index is 273. The van der Waals surface area contributed by atoms with Gasteiger partial charge in [-0.2, -0.15) is 0 Å². The number of rotatable bonds is 0. The number of fused-ring (bicyclic) bond motifs is 1. The molecule has 2 aliphatic rings. The van der Waals surface area contributed by atoms with Gasteiger partial charge in [-0.3, -0.25) is 4.99 Å². The van der Waals surface area contributed by atoms with Crippen molar-refractivity contribution in [2.45, 2.75) is 6.04 Å². The molecular formula is C7H5ClN2. The molecule has 2 heterocycles. The van der Waals surface area contributed by atoms with Crippen LogP contribution in [-0.4, -0.2) is 18.5 Å². The highest BCUT2D eigenvalue weighted by atomic mass is 35.5. The largest absolute Gasteiger partial charge is 0.279 e. The van der Waals surface area contributed by atoms with E-state index in [2.05, 4.69) is 9.98 Å². The smallest absolute Gasteiger partial charge is 0.129 e. The summed E-state index contributed by atoms with van der Waals surface area (Å²) >= 11 is 5.65. The Balaban J connectivity index is 2.39. The summed E-state index contributed by atoms with van der Waals surface area (Å²) in [6, 6.07) is 0.127. The molecule has 0 fully saturated rings.